The lowest BCUT2D eigenvalue weighted by molar-refractivity contribution is -0.121. The van der Waals surface area contributed by atoms with Crippen LogP contribution in [0.1, 0.15) is 42.5 Å². The number of aromatic nitrogens is 3. The Morgan fingerprint density at radius 2 is 1.76 bits per heavy atom. The molecule has 2 N–H and O–H groups in total. The van der Waals surface area contributed by atoms with Gasteiger partial charge in [0.05, 0.1) is 11.7 Å². The normalized spacial score (nSPS) is 18.8. The van der Waals surface area contributed by atoms with Crippen LogP contribution in [0.2, 0.25) is 5.02 Å². The summed E-state index contributed by atoms with van der Waals surface area (Å²) in [7, 11) is 2.11. The van der Waals surface area contributed by atoms with E-state index in [1.807, 2.05) is 37.3 Å². The summed E-state index contributed by atoms with van der Waals surface area (Å²) < 4.78 is 2.13. The number of amides is 1. The van der Waals surface area contributed by atoms with Gasteiger partial charge >= 0.3 is 0 Å². The fraction of sp³-hybridized carbons (Fsp3) is 0.400. The van der Waals surface area contributed by atoms with Gasteiger partial charge in [0.1, 0.15) is 11.6 Å². The van der Waals surface area contributed by atoms with Crippen LogP contribution in [0.15, 0.2) is 42.5 Å². The molecule has 172 valence electrons. The van der Waals surface area contributed by atoms with Crippen LogP contribution in [-0.4, -0.2) is 45.7 Å². The molecule has 2 aromatic carbocycles. The van der Waals surface area contributed by atoms with Gasteiger partial charge in [-0.1, -0.05) is 11.6 Å². The van der Waals surface area contributed by atoms with Crippen molar-refractivity contribution in [1.29, 1.82) is 0 Å². The number of rotatable bonds is 4. The molecule has 3 aromatic rings. The molecule has 0 aliphatic carbocycles. The topological polar surface area (TPSA) is 75.1 Å². The van der Waals surface area contributed by atoms with Gasteiger partial charge in [-0.3, -0.25) is 9.36 Å². The zero-order chi connectivity index (χ0) is 22.9. The molecule has 1 atom stereocenters. The smallest absolute Gasteiger partial charge is 0.227 e. The largest absolute Gasteiger partial charge is 0.378 e. The number of likely N-dealkylation sites (tertiary alicyclic amines) is 1. The van der Waals surface area contributed by atoms with Crippen molar-refractivity contribution in [3.8, 4) is 5.69 Å². The van der Waals surface area contributed by atoms with E-state index in [4.69, 9.17) is 11.6 Å². The molecule has 3 heterocycles. The van der Waals surface area contributed by atoms with Gasteiger partial charge in [-0.05, 0) is 88.8 Å². The van der Waals surface area contributed by atoms with Crippen LogP contribution in [0.4, 0.5) is 11.4 Å². The average molecular weight is 465 g/mol. The quantitative estimate of drug-likeness (QED) is 0.589. The van der Waals surface area contributed by atoms with Crippen LogP contribution >= 0.6 is 11.6 Å². The van der Waals surface area contributed by atoms with Gasteiger partial charge in [0.2, 0.25) is 5.91 Å². The molecule has 2 aliphatic rings. The maximum Gasteiger partial charge on any atom is 0.227 e. The molecule has 2 aliphatic heterocycles. The van der Waals surface area contributed by atoms with Gasteiger partial charge in [0.15, 0.2) is 0 Å². The fourth-order valence-corrected chi connectivity index (χ4v) is 4.96. The molecule has 1 fully saturated rings. The van der Waals surface area contributed by atoms with Crippen molar-refractivity contribution in [3.63, 3.8) is 0 Å². The lowest BCUT2D eigenvalue weighted by Crippen LogP contribution is -2.35. The third kappa shape index (κ3) is 4.61. The Hall–Kier alpha value is -2.90. The highest BCUT2D eigenvalue weighted by molar-refractivity contribution is 6.30. The van der Waals surface area contributed by atoms with Crippen LogP contribution in [-0.2, 0) is 11.2 Å². The van der Waals surface area contributed by atoms with E-state index < -0.39 is 0 Å². The summed E-state index contributed by atoms with van der Waals surface area (Å²) >= 11 is 6.08. The number of carbonyl (C=O) groups excluding carboxylic acids is 1. The summed E-state index contributed by atoms with van der Waals surface area (Å²) in [6.07, 6.45) is 3.47. The first-order valence-corrected chi connectivity index (χ1v) is 11.9. The summed E-state index contributed by atoms with van der Waals surface area (Å²) in [5.41, 5.74) is 4.00. The SMILES string of the molecule is Cc1nnc2n1-c1ccc(NC(=O)C3CCN(C)CC3)cc1C(Nc1ccc(Cl)cc1)CC2. The first kappa shape index (κ1) is 21.9. The Bertz CT molecular complexity index is 1150. The van der Waals surface area contributed by atoms with E-state index in [2.05, 4.69) is 49.5 Å². The molecule has 5 rings (SSSR count). The highest BCUT2D eigenvalue weighted by atomic mass is 35.5. The number of fused-ring (bicyclic) bond motifs is 3. The van der Waals surface area contributed by atoms with E-state index in [0.717, 1.165) is 73.0 Å². The van der Waals surface area contributed by atoms with Crippen LogP contribution in [0.25, 0.3) is 5.69 Å². The summed E-state index contributed by atoms with van der Waals surface area (Å²) in [6.45, 7) is 3.90. The molecule has 0 saturated carbocycles. The molecular formula is C25H29ClN6O. The second-order valence-electron chi connectivity index (χ2n) is 9.08. The zero-order valence-corrected chi connectivity index (χ0v) is 19.8. The summed E-state index contributed by atoms with van der Waals surface area (Å²) in [5.74, 6) is 1.99. The molecule has 0 radical (unpaired) electrons. The molecule has 0 spiro atoms. The van der Waals surface area contributed by atoms with Crippen molar-refractivity contribution in [2.24, 2.45) is 5.92 Å². The van der Waals surface area contributed by atoms with Gasteiger partial charge in [-0.15, -0.1) is 10.2 Å². The van der Waals surface area contributed by atoms with Crippen LogP contribution in [0.5, 0.6) is 0 Å². The number of nitrogens with one attached hydrogen (secondary N) is 2. The van der Waals surface area contributed by atoms with E-state index in [0.29, 0.717) is 5.02 Å². The van der Waals surface area contributed by atoms with Crippen molar-refractivity contribution < 1.29 is 4.79 Å². The summed E-state index contributed by atoms with van der Waals surface area (Å²) in [6, 6.07) is 14.0. The average Bonchev–Trinajstić information content (AvgIpc) is 3.10. The number of halogens is 1. The van der Waals surface area contributed by atoms with Gasteiger partial charge in [-0.2, -0.15) is 0 Å². The molecule has 1 amide bonds. The Morgan fingerprint density at radius 3 is 2.52 bits per heavy atom. The van der Waals surface area contributed by atoms with Crippen molar-refractivity contribution in [3.05, 3.63) is 64.7 Å². The molecule has 1 saturated heterocycles. The molecular weight excluding hydrogens is 436 g/mol. The third-order valence-electron chi connectivity index (χ3n) is 6.73. The van der Waals surface area contributed by atoms with Crippen molar-refractivity contribution >= 4 is 28.9 Å². The minimum Gasteiger partial charge on any atom is -0.378 e. The minimum absolute atomic E-state index is 0.0578. The van der Waals surface area contributed by atoms with E-state index in [1.165, 1.54) is 0 Å². The number of piperidine rings is 1. The van der Waals surface area contributed by atoms with E-state index in [-0.39, 0.29) is 17.9 Å². The number of anilines is 2. The number of nitrogens with zero attached hydrogens (tertiary/aromatic N) is 4. The van der Waals surface area contributed by atoms with Gasteiger partial charge in [0, 0.05) is 34.3 Å². The number of benzene rings is 2. The summed E-state index contributed by atoms with van der Waals surface area (Å²) in [5, 5.41) is 16.2. The Labute approximate surface area is 199 Å². The number of carbonyl (C=O) groups is 1. The molecule has 1 unspecified atom stereocenters. The van der Waals surface area contributed by atoms with E-state index in [9.17, 15) is 4.79 Å². The lowest BCUT2D eigenvalue weighted by Gasteiger charge is -2.28. The third-order valence-corrected chi connectivity index (χ3v) is 6.99. The predicted octanol–water partition coefficient (Wildman–Crippen LogP) is 4.61. The lowest BCUT2D eigenvalue weighted by atomic mass is 9.96. The van der Waals surface area contributed by atoms with Crippen molar-refractivity contribution in [2.75, 3.05) is 30.8 Å². The highest BCUT2D eigenvalue weighted by Gasteiger charge is 2.27. The second kappa shape index (κ2) is 9.15. The Morgan fingerprint density at radius 1 is 1.03 bits per heavy atom. The maximum atomic E-state index is 12.9. The minimum atomic E-state index is 0.0578. The standard InChI is InChI=1S/C25H29ClN6O/c1-16-29-30-24-10-8-22(27-19-5-3-18(26)4-6-19)21-15-20(7-9-23(21)32(16)24)28-25(33)17-11-13-31(2)14-12-17/h3-7,9,15,17,22,27H,8,10-14H2,1-2H3,(H,28,33). The second-order valence-corrected chi connectivity index (χ2v) is 9.52. The maximum absolute atomic E-state index is 12.9. The van der Waals surface area contributed by atoms with Gasteiger partial charge < -0.3 is 15.5 Å². The van der Waals surface area contributed by atoms with Crippen LogP contribution in [0, 0.1) is 12.8 Å². The Balaban J connectivity index is 1.46. The molecule has 33 heavy (non-hydrogen) atoms. The van der Waals surface area contributed by atoms with E-state index in [1.54, 1.807) is 0 Å². The van der Waals surface area contributed by atoms with Gasteiger partial charge in [0.25, 0.3) is 0 Å². The fourth-order valence-electron chi connectivity index (χ4n) is 4.84. The highest BCUT2D eigenvalue weighted by Crippen LogP contribution is 2.35. The number of hydrogen-bond acceptors (Lipinski definition) is 5. The first-order valence-electron chi connectivity index (χ1n) is 11.5. The Kier molecular flexibility index (Phi) is 6.08. The number of hydrogen-bond donors (Lipinski definition) is 2. The van der Waals surface area contributed by atoms with Crippen LogP contribution in [0.3, 0.4) is 0 Å². The zero-order valence-electron chi connectivity index (χ0n) is 19.0. The number of aryl methyl sites for hydroxylation is 2. The van der Waals surface area contributed by atoms with Crippen molar-refractivity contribution in [2.45, 2.75) is 38.6 Å². The van der Waals surface area contributed by atoms with Crippen LogP contribution < -0.4 is 10.6 Å². The van der Waals surface area contributed by atoms with Gasteiger partial charge in [-0.25, -0.2) is 0 Å². The summed E-state index contributed by atoms with van der Waals surface area (Å²) in [4.78, 5) is 15.2. The van der Waals surface area contributed by atoms with Crippen molar-refractivity contribution in [1.82, 2.24) is 19.7 Å². The molecule has 0 bridgehead atoms. The molecule has 7 nitrogen and oxygen atoms in total. The monoisotopic (exact) mass is 464 g/mol. The predicted molar refractivity (Wildman–Crippen MR) is 131 cm³/mol. The van der Waals surface area contributed by atoms with E-state index >= 15 is 0 Å². The molecule has 8 heteroatoms. The molecule has 1 aromatic heterocycles. The first-order chi connectivity index (χ1) is 16.0.